The summed E-state index contributed by atoms with van der Waals surface area (Å²) in [7, 11) is 3.79. The van der Waals surface area contributed by atoms with E-state index in [1.165, 1.54) is 0 Å². The molecule has 1 aromatic heterocycles. The number of anilines is 1. The largest absolute Gasteiger partial charge is 0.347 e. The molecule has 5 heteroatoms. The SMILES string of the molecule is CN(C)c1nc(Cl)c(I)c(-c2ccccc2)n1. The van der Waals surface area contributed by atoms with Gasteiger partial charge in [0.1, 0.15) is 5.15 Å². The van der Waals surface area contributed by atoms with Crippen LogP contribution in [0.25, 0.3) is 11.3 Å². The average Bonchev–Trinajstić information content (AvgIpc) is 2.33. The summed E-state index contributed by atoms with van der Waals surface area (Å²) in [6, 6.07) is 9.97. The molecule has 0 radical (unpaired) electrons. The van der Waals surface area contributed by atoms with Gasteiger partial charge in [-0.25, -0.2) is 4.98 Å². The van der Waals surface area contributed by atoms with E-state index in [0.717, 1.165) is 14.8 Å². The van der Waals surface area contributed by atoms with E-state index in [4.69, 9.17) is 11.6 Å². The van der Waals surface area contributed by atoms with Crippen LogP contribution in [0.3, 0.4) is 0 Å². The lowest BCUT2D eigenvalue weighted by Gasteiger charge is -2.13. The Morgan fingerprint density at radius 3 is 2.35 bits per heavy atom. The van der Waals surface area contributed by atoms with Crippen LogP contribution in [0.2, 0.25) is 5.15 Å². The van der Waals surface area contributed by atoms with Gasteiger partial charge < -0.3 is 4.90 Å². The summed E-state index contributed by atoms with van der Waals surface area (Å²) in [6.07, 6.45) is 0. The number of hydrogen-bond donors (Lipinski definition) is 0. The molecule has 17 heavy (non-hydrogen) atoms. The Hall–Kier alpha value is -0.880. The van der Waals surface area contributed by atoms with E-state index in [-0.39, 0.29) is 0 Å². The topological polar surface area (TPSA) is 29.0 Å². The molecule has 2 aromatic rings. The van der Waals surface area contributed by atoms with Gasteiger partial charge in [-0.1, -0.05) is 41.9 Å². The van der Waals surface area contributed by atoms with E-state index in [2.05, 4.69) is 32.6 Å². The van der Waals surface area contributed by atoms with Crippen molar-refractivity contribution < 1.29 is 0 Å². The number of rotatable bonds is 2. The maximum atomic E-state index is 6.13. The molecule has 0 bridgehead atoms. The monoisotopic (exact) mass is 359 g/mol. The van der Waals surface area contributed by atoms with Crippen LogP contribution in [-0.4, -0.2) is 24.1 Å². The Bertz CT molecular complexity index is 529. The van der Waals surface area contributed by atoms with Crippen molar-refractivity contribution in [2.75, 3.05) is 19.0 Å². The molecular formula is C12H11ClIN3. The Morgan fingerprint density at radius 1 is 1.12 bits per heavy atom. The Balaban J connectivity index is 2.61. The molecule has 2 rings (SSSR count). The van der Waals surface area contributed by atoms with Gasteiger partial charge in [-0.3, -0.25) is 0 Å². The molecular weight excluding hydrogens is 349 g/mol. The normalized spacial score (nSPS) is 10.4. The first-order valence-corrected chi connectivity index (χ1v) is 6.51. The zero-order valence-electron chi connectivity index (χ0n) is 9.48. The molecule has 0 N–H and O–H groups in total. The molecule has 1 aromatic carbocycles. The minimum absolute atomic E-state index is 0.489. The van der Waals surface area contributed by atoms with E-state index in [1.807, 2.05) is 49.3 Å². The average molecular weight is 360 g/mol. The second kappa shape index (κ2) is 5.18. The molecule has 3 nitrogen and oxygen atoms in total. The van der Waals surface area contributed by atoms with Gasteiger partial charge in [0.15, 0.2) is 0 Å². The van der Waals surface area contributed by atoms with Crippen LogP contribution in [0.15, 0.2) is 30.3 Å². The molecule has 1 heterocycles. The number of benzene rings is 1. The van der Waals surface area contributed by atoms with Crippen molar-refractivity contribution in [3.05, 3.63) is 39.1 Å². The van der Waals surface area contributed by atoms with Crippen LogP contribution in [-0.2, 0) is 0 Å². The molecule has 0 saturated heterocycles. The summed E-state index contributed by atoms with van der Waals surface area (Å²) in [4.78, 5) is 10.6. The quantitative estimate of drug-likeness (QED) is 0.607. The Kier molecular flexibility index (Phi) is 3.83. The fourth-order valence-corrected chi connectivity index (χ4v) is 2.11. The first kappa shape index (κ1) is 12.6. The highest BCUT2D eigenvalue weighted by atomic mass is 127. The summed E-state index contributed by atoms with van der Waals surface area (Å²) in [5, 5.41) is 0.489. The highest BCUT2D eigenvalue weighted by Gasteiger charge is 2.13. The van der Waals surface area contributed by atoms with Gasteiger partial charge in [0.05, 0.1) is 9.26 Å². The lowest BCUT2D eigenvalue weighted by Crippen LogP contribution is -2.13. The summed E-state index contributed by atoms with van der Waals surface area (Å²) < 4.78 is 0.876. The highest BCUT2D eigenvalue weighted by Crippen LogP contribution is 2.29. The zero-order valence-corrected chi connectivity index (χ0v) is 12.4. The van der Waals surface area contributed by atoms with Gasteiger partial charge >= 0.3 is 0 Å². The number of hydrogen-bond acceptors (Lipinski definition) is 3. The molecule has 0 saturated carbocycles. The maximum absolute atomic E-state index is 6.13. The van der Waals surface area contributed by atoms with Gasteiger partial charge in [-0.2, -0.15) is 4.98 Å². The van der Waals surface area contributed by atoms with E-state index in [9.17, 15) is 0 Å². The predicted molar refractivity (Wildman–Crippen MR) is 79.5 cm³/mol. The third-order valence-corrected chi connectivity index (χ3v) is 3.86. The second-order valence-corrected chi connectivity index (χ2v) is 5.17. The fourth-order valence-electron chi connectivity index (χ4n) is 1.40. The molecule has 88 valence electrons. The van der Waals surface area contributed by atoms with Crippen molar-refractivity contribution in [1.82, 2.24) is 9.97 Å². The van der Waals surface area contributed by atoms with E-state index < -0.39 is 0 Å². The summed E-state index contributed by atoms with van der Waals surface area (Å²) in [6.45, 7) is 0. The van der Waals surface area contributed by atoms with Gasteiger partial charge in [0, 0.05) is 19.7 Å². The van der Waals surface area contributed by atoms with E-state index in [0.29, 0.717) is 11.1 Å². The van der Waals surface area contributed by atoms with E-state index >= 15 is 0 Å². The highest BCUT2D eigenvalue weighted by molar-refractivity contribution is 14.1. The van der Waals surface area contributed by atoms with Crippen LogP contribution >= 0.6 is 34.2 Å². The fraction of sp³-hybridized carbons (Fsp3) is 0.167. The van der Waals surface area contributed by atoms with Crippen molar-refractivity contribution in [2.45, 2.75) is 0 Å². The van der Waals surface area contributed by atoms with Gasteiger partial charge in [0.25, 0.3) is 0 Å². The molecule has 0 fully saturated rings. The van der Waals surface area contributed by atoms with Crippen molar-refractivity contribution in [3.63, 3.8) is 0 Å². The maximum Gasteiger partial charge on any atom is 0.226 e. The predicted octanol–water partition coefficient (Wildman–Crippen LogP) is 3.47. The first-order valence-electron chi connectivity index (χ1n) is 5.05. The minimum Gasteiger partial charge on any atom is -0.347 e. The molecule has 0 amide bonds. The van der Waals surface area contributed by atoms with E-state index in [1.54, 1.807) is 0 Å². The second-order valence-electron chi connectivity index (χ2n) is 3.74. The Morgan fingerprint density at radius 2 is 1.76 bits per heavy atom. The van der Waals surface area contributed by atoms with Crippen molar-refractivity contribution in [1.29, 1.82) is 0 Å². The minimum atomic E-state index is 0.489. The number of halogens is 2. The van der Waals surface area contributed by atoms with Crippen LogP contribution in [0, 0.1) is 3.57 Å². The number of nitrogens with zero attached hydrogens (tertiary/aromatic N) is 3. The molecule has 0 spiro atoms. The number of aromatic nitrogens is 2. The zero-order chi connectivity index (χ0) is 12.4. The van der Waals surface area contributed by atoms with Crippen molar-refractivity contribution in [2.24, 2.45) is 0 Å². The van der Waals surface area contributed by atoms with Crippen molar-refractivity contribution in [3.8, 4) is 11.3 Å². The van der Waals surface area contributed by atoms with Crippen LogP contribution in [0.4, 0.5) is 5.95 Å². The molecule has 0 unspecified atom stereocenters. The summed E-state index contributed by atoms with van der Waals surface area (Å²) >= 11 is 8.30. The van der Waals surface area contributed by atoms with Crippen LogP contribution < -0.4 is 4.90 Å². The first-order chi connectivity index (χ1) is 8.09. The third-order valence-electron chi connectivity index (χ3n) is 2.25. The molecule has 0 aliphatic rings. The molecule has 0 atom stereocenters. The molecule has 0 aliphatic heterocycles. The molecule has 0 aliphatic carbocycles. The summed E-state index contributed by atoms with van der Waals surface area (Å²) in [5.74, 6) is 0.620. The van der Waals surface area contributed by atoms with Crippen LogP contribution in [0.5, 0.6) is 0 Å². The van der Waals surface area contributed by atoms with Crippen LogP contribution in [0.1, 0.15) is 0 Å². The lowest BCUT2D eigenvalue weighted by molar-refractivity contribution is 0.997. The Labute approximate surface area is 119 Å². The lowest BCUT2D eigenvalue weighted by atomic mass is 10.1. The van der Waals surface area contributed by atoms with Gasteiger partial charge in [0.2, 0.25) is 5.95 Å². The van der Waals surface area contributed by atoms with Gasteiger partial charge in [-0.05, 0) is 22.6 Å². The summed E-state index contributed by atoms with van der Waals surface area (Å²) in [5.41, 5.74) is 1.92. The standard InChI is InChI=1S/C12H11ClIN3/c1-17(2)12-15-10(9(14)11(13)16-12)8-6-4-3-5-7-8/h3-7H,1-2H3. The van der Waals surface area contributed by atoms with Crippen molar-refractivity contribution >= 4 is 40.1 Å². The van der Waals surface area contributed by atoms with Gasteiger partial charge in [-0.15, -0.1) is 0 Å². The third kappa shape index (κ3) is 2.69. The smallest absolute Gasteiger partial charge is 0.226 e.